The standard InChI is InChI=1S/C18H25N3O2S/c1-11-19-14-4-3-5-15(17(14)24-11)20(2)18(23)13-8-16(22)21(10-13)9-12-6-7-12/h12-13,15H,3-10H2,1-2H3/t13-,15+/m0/s1. The first-order valence-corrected chi connectivity index (χ1v) is 9.85. The number of aryl methyl sites for hydroxylation is 2. The Labute approximate surface area is 147 Å². The predicted molar refractivity (Wildman–Crippen MR) is 92.7 cm³/mol. The summed E-state index contributed by atoms with van der Waals surface area (Å²) in [4.78, 5) is 34.9. The number of fused-ring (bicyclic) bond motifs is 1. The van der Waals surface area contributed by atoms with E-state index in [0.717, 1.165) is 30.8 Å². The average Bonchev–Trinajstić information content (AvgIpc) is 3.18. The van der Waals surface area contributed by atoms with Crippen molar-refractivity contribution in [3.05, 3.63) is 15.6 Å². The molecule has 0 spiro atoms. The van der Waals surface area contributed by atoms with E-state index in [-0.39, 0.29) is 23.8 Å². The van der Waals surface area contributed by atoms with Gasteiger partial charge in [0.15, 0.2) is 0 Å². The third-order valence-electron chi connectivity index (χ3n) is 5.58. The Kier molecular flexibility index (Phi) is 4.11. The summed E-state index contributed by atoms with van der Waals surface area (Å²) >= 11 is 1.72. The van der Waals surface area contributed by atoms with Crippen molar-refractivity contribution in [1.82, 2.24) is 14.8 Å². The van der Waals surface area contributed by atoms with Crippen LogP contribution in [-0.2, 0) is 16.0 Å². The number of likely N-dealkylation sites (tertiary alicyclic amines) is 1. The lowest BCUT2D eigenvalue weighted by atomic mass is 9.95. The summed E-state index contributed by atoms with van der Waals surface area (Å²) in [6.45, 7) is 3.50. The van der Waals surface area contributed by atoms with Gasteiger partial charge in [0.1, 0.15) is 0 Å². The van der Waals surface area contributed by atoms with Gasteiger partial charge in [-0.1, -0.05) is 0 Å². The van der Waals surface area contributed by atoms with Gasteiger partial charge in [-0.25, -0.2) is 4.98 Å². The summed E-state index contributed by atoms with van der Waals surface area (Å²) < 4.78 is 0. The molecular formula is C18H25N3O2S. The highest BCUT2D eigenvalue weighted by molar-refractivity contribution is 7.11. The van der Waals surface area contributed by atoms with Gasteiger partial charge in [0.05, 0.1) is 27.5 Å². The number of amides is 2. The minimum Gasteiger partial charge on any atom is -0.342 e. The molecule has 5 nitrogen and oxygen atoms in total. The maximum atomic E-state index is 13.0. The van der Waals surface area contributed by atoms with Crippen LogP contribution in [0.2, 0.25) is 0 Å². The monoisotopic (exact) mass is 347 g/mol. The lowest BCUT2D eigenvalue weighted by molar-refractivity contribution is -0.137. The number of nitrogens with zero attached hydrogens (tertiary/aromatic N) is 3. The predicted octanol–water partition coefficient (Wildman–Crippen LogP) is 2.55. The molecule has 1 aromatic rings. The van der Waals surface area contributed by atoms with Crippen LogP contribution in [0.4, 0.5) is 0 Å². The molecule has 1 saturated heterocycles. The maximum Gasteiger partial charge on any atom is 0.228 e. The van der Waals surface area contributed by atoms with Crippen LogP contribution < -0.4 is 0 Å². The molecule has 0 radical (unpaired) electrons. The Balaban J connectivity index is 1.45. The van der Waals surface area contributed by atoms with E-state index in [1.807, 2.05) is 23.8 Å². The average molecular weight is 347 g/mol. The van der Waals surface area contributed by atoms with Crippen molar-refractivity contribution in [3.8, 4) is 0 Å². The minimum atomic E-state index is -0.166. The molecule has 0 unspecified atom stereocenters. The number of aromatic nitrogens is 1. The van der Waals surface area contributed by atoms with Gasteiger partial charge in [0, 0.05) is 26.6 Å². The van der Waals surface area contributed by atoms with E-state index in [9.17, 15) is 9.59 Å². The summed E-state index contributed by atoms with van der Waals surface area (Å²) in [5, 5.41) is 1.08. The number of carbonyl (C=O) groups is 2. The SMILES string of the molecule is Cc1nc2c(s1)[C@H](N(C)C(=O)[C@H]1CC(=O)N(CC3CC3)C1)CCC2. The molecule has 1 aromatic heterocycles. The lowest BCUT2D eigenvalue weighted by Crippen LogP contribution is -2.38. The zero-order chi connectivity index (χ0) is 16.8. The fraction of sp³-hybridized carbons (Fsp3) is 0.722. The quantitative estimate of drug-likeness (QED) is 0.841. The van der Waals surface area contributed by atoms with Gasteiger partial charge in [-0.15, -0.1) is 11.3 Å². The summed E-state index contributed by atoms with van der Waals surface area (Å²) in [6, 6.07) is 0.139. The topological polar surface area (TPSA) is 53.5 Å². The highest BCUT2D eigenvalue weighted by Gasteiger charge is 2.40. The Morgan fingerprint density at radius 2 is 2.17 bits per heavy atom. The highest BCUT2D eigenvalue weighted by atomic mass is 32.1. The van der Waals surface area contributed by atoms with Crippen molar-refractivity contribution in [1.29, 1.82) is 0 Å². The third-order valence-corrected chi connectivity index (χ3v) is 6.70. The minimum absolute atomic E-state index is 0.130. The molecule has 2 atom stereocenters. The Morgan fingerprint density at radius 3 is 2.92 bits per heavy atom. The number of hydrogen-bond donors (Lipinski definition) is 0. The van der Waals surface area contributed by atoms with Crippen LogP contribution >= 0.6 is 11.3 Å². The zero-order valence-electron chi connectivity index (χ0n) is 14.5. The van der Waals surface area contributed by atoms with Crippen LogP contribution in [0.1, 0.15) is 53.7 Å². The molecule has 2 aliphatic carbocycles. The van der Waals surface area contributed by atoms with E-state index >= 15 is 0 Å². The van der Waals surface area contributed by atoms with Crippen LogP contribution in [-0.4, -0.2) is 46.7 Å². The number of carbonyl (C=O) groups excluding carboxylic acids is 2. The molecule has 1 saturated carbocycles. The van der Waals surface area contributed by atoms with Gasteiger partial charge in [-0.3, -0.25) is 9.59 Å². The number of thiazole rings is 1. The van der Waals surface area contributed by atoms with Crippen molar-refractivity contribution in [2.75, 3.05) is 20.1 Å². The van der Waals surface area contributed by atoms with E-state index in [1.165, 1.54) is 23.4 Å². The number of rotatable bonds is 4. The lowest BCUT2D eigenvalue weighted by Gasteiger charge is -2.32. The first kappa shape index (κ1) is 16.1. The molecule has 0 bridgehead atoms. The fourth-order valence-electron chi connectivity index (χ4n) is 4.06. The van der Waals surface area contributed by atoms with Crippen LogP contribution in [0, 0.1) is 18.8 Å². The molecule has 0 N–H and O–H groups in total. The first-order chi connectivity index (χ1) is 11.5. The zero-order valence-corrected chi connectivity index (χ0v) is 15.3. The van der Waals surface area contributed by atoms with E-state index in [1.54, 1.807) is 11.3 Å². The highest BCUT2D eigenvalue weighted by Crippen LogP contribution is 2.38. The van der Waals surface area contributed by atoms with Crippen molar-refractivity contribution in [3.63, 3.8) is 0 Å². The summed E-state index contributed by atoms with van der Waals surface area (Å²) in [5.41, 5.74) is 1.17. The Bertz CT molecular complexity index is 667. The largest absolute Gasteiger partial charge is 0.342 e. The molecule has 130 valence electrons. The molecule has 0 aromatic carbocycles. The summed E-state index contributed by atoms with van der Waals surface area (Å²) in [6.07, 6.45) is 5.96. The second kappa shape index (κ2) is 6.14. The van der Waals surface area contributed by atoms with Crippen molar-refractivity contribution in [2.45, 2.75) is 51.5 Å². The summed E-state index contributed by atoms with van der Waals surface area (Å²) in [7, 11) is 1.91. The van der Waals surface area contributed by atoms with Crippen molar-refractivity contribution >= 4 is 23.2 Å². The second-order valence-electron chi connectivity index (χ2n) is 7.54. The van der Waals surface area contributed by atoms with Gasteiger partial charge in [-0.05, 0) is 44.9 Å². The molecule has 24 heavy (non-hydrogen) atoms. The van der Waals surface area contributed by atoms with E-state index in [4.69, 9.17) is 0 Å². The molecule has 4 rings (SSSR count). The molecule has 1 aliphatic heterocycles. The smallest absolute Gasteiger partial charge is 0.228 e. The molecule has 2 amide bonds. The van der Waals surface area contributed by atoms with Crippen LogP contribution in [0.25, 0.3) is 0 Å². The van der Waals surface area contributed by atoms with E-state index in [2.05, 4.69) is 4.98 Å². The first-order valence-electron chi connectivity index (χ1n) is 9.03. The van der Waals surface area contributed by atoms with Gasteiger partial charge in [-0.2, -0.15) is 0 Å². The normalized spacial score (nSPS) is 26.6. The Morgan fingerprint density at radius 1 is 1.38 bits per heavy atom. The van der Waals surface area contributed by atoms with Crippen LogP contribution in [0.15, 0.2) is 0 Å². The number of hydrogen-bond acceptors (Lipinski definition) is 4. The van der Waals surface area contributed by atoms with Crippen molar-refractivity contribution < 1.29 is 9.59 Å². The van der Waals surface area contributed by atoms with Crippen LogP contribution in [0.3, 0.4) is 0 Å². The molecular weight excluding hydrogens is 322 g/mol. The Hall–Kier alpha value is -1.43. The second-order valence-corrected chi connectivity index (χ2v) is 8.78. The van der Waals surface area contributed by atoms with Gasteiger partial charge in [0.25, 0.3) is 0 Å². The van der Waals surface area contributed by atoms with Gasteiger partial charge >= 0.3 is 0 Å². The maximum absolute atomic E-state index is 13.0. The van der Waals surface area contributed by atoms with Gasteiger partial charge in [0.2, 0.25) is 11.8 Å². The fourth-order valence-corrected chi connectivity index (χ4v) is 5.21. The van der Waals surface area contributed by atoms with E-state index in [0.29, 0.717) is 18.9 Å². The van der Waals surface area contributed by atoms with Crippen LogP contribution in [0.5, 0.6) is 0 Å². The summed E-state index contributed by atoms with van der Waals surface area (Å²) in [5.74, 6) is 0.805. The van der Waals surface area contributed by atoms with E-state index < -0.39 is 0 Å². The molecule has 3 aliphatic rings. The molecule has 6 heteroatoms. The third kappa shape index (κ3) is 2.96. The molecule has 2 fully saturated rings. The molecule has 2 heterocycles. The van der Waals surface area contributed by atoms with Gasteiger partial charge < -0.3 is 9.80 Å². The van der Waals surface area contributed by atoms with Crippen molar-refractivity contribution in [2.24, 2.45) is 11.8 Å².